The number of aliphatic hydroxyl groups is 1. The molecule has 29 heavy (non-hydrogen) atoms. The summed E-state index contributed by atoms with van der Waals surface area (Å²) in [6.45, 7) is 10.7. The molecule has 0 heterocycles. The first-order valence-corrected chi connectivity index (χ1v) is 11.1. The molecule has 0 aliphatic heterocycles. The minimum Gasteiger partial charge on any atom is -0.490 e. The zero-order valence-corrected chi connectivity index (χ0v) is 19.4. The number of aliphatic hydroxyl groups excluding tert-OH is 1. The minimum atomic E-state index is -0.249. The molecule has 3 N–H and O–H groups in total. The second kappa shape index (κ2) is 12.5. The first-order chi connectivity index (χ1) is 13.8. The van der Waals surface area contributed by atoms with Crippen LogP contribution in [-0.2, 0) is 5.54 Å². The summed E-state index contributed by atoms with van der Waals surface area (Å²) in [4.78, 5) is 0. The minimum absolute atomic E-state index is 0. The molecular formula is C24H47FN2O2. The second-order valence-electron chi connectivity index (χ2n) is 9.12. The van der Waals surface area contributed by atoms with E-state index in [0.29, 0.717) is 23.8 Å². The Balaban J connectivity index is 0. The molecule has 0 aromatic heterocycles. The summed E-state index contributed by atoms with van der Waals surface area (Å²) in [5.74, 6) is 0.814. The number of unbranched alkanes of at least 4 members (excludes halogenated alkanes) is 2. The highest BCUT2D eigenvalue weighted by Crippen LogP contribution is 2.46. The van der Waals surface area contributed by atoms with Gasteiger partial charge >= 0.3 is 0 Å². The highest BCUT2D eigenvalue weighted by Gasteiger charge is 2.43. The molecule has 2 saturated carbocycles. The van der Waals surface area contributed by atoms with Crippen LogP contribution >= 0.6 is 0 Å². The molecule has 0 bridgehead atoms. The van der Waals surface area contributed by atoms with Crippen molar-refractivity contribution in [3.8, 4) is 5.75 Å². The van der Waals surface area contributed by atoms with E-state index in [-0.39, 0.29) is 14.2 Å². The largest absolute Gasteiger partial charge is 0.490 e. The van der Waals surface area contributed by atoms with Gasteiger partial charge in [-0.25, -0.2) is 4.39 Å². The van der Waals surface area contributed by atoms with Crippen LogP contribution in [-0.4, -0.2) is 38.0 Å². The Labute approximate surface area is 180 Å². The van der Waals surface area contributed by atoms with Crippen LogP contribution in [0.1, 0.15) is 81.1 Å². The Morgan fingerprint density at radius 3 is 2.34 bits per heavy atom. The third kappa shape index (κ3) is 9.92. The van der Waals surface area contributed by atoms with Crippen molar-refractivity contribution in [1.29, 1.82) is 0 Å². The summed E-state index contributed by atoms with van der Waals surface area (Å²) in [6, 6.07) is 5.25. The highest BCUT2D eigenvalue weighted by atomic mass is 19.1. The van der Waals surface area contributed by atoms with Crippen LogP contribution in [0, 0.1) is 11.7 Å². The van der Waals surface area contributed by atoms with Crippen molar-refractivity contribution in [2.75, 3.05) is 27.3 Å². The lowest BCUT2D eigenvalue weighted by Crippen LogP contribution is -2.36. The Morgan fingerprint density at radius 2 is 1.86 bits per heavy atom. The smallest absolute Gasteiger partial charge is 0.165 e. The molecule has 0 atom stereocenters. The quantitative estimate of drug-likeness (QED) is 0.468. The van der Waals surface area contributed by atoms with Gasteiger partial charge in [0.1, 0.15) is 0 Å². The van der Waals surface area contributed by atoms with E-state index in [1.807, 2.05) is 19.2 Å². The first kappa shape index (κ1) is 25.9. The molecule has 0 saturated heterocycles. The van der Waals surface area contributed by atoms with E-state index in [1.165, 1.54) is 38.2 Å². The van der Waals surface area contributed by atoms with Crippen molar-refractivity contribution >= 4 is 0 Å². The van der Waals surface area contributed by atoms with Crippen LogP contribution in [0.2, 0.25) is 0 Å². The third-order valence-corrected chi connectivity index (χ3v) is 5.32. The van der Waals surface area contributed by atoms with Crippen LogP contribution in [0.15, 0.2) is 18.2 Å². The second-order valence-corrected chi connectivity index (χ2v) is 9.12. The molecule has 5 heteroatoms. The topological polar surface area (TPSA) is 53.5 Å². The standard InChI is InChI=1S/C14H18FNO.C9H21N.CH4O.2H2/c1-16-14(6-7-14)11-4-5-12(15)13(8-11)17-9-10-2-3-10;1-5-6-7-8-10-9(2,3)4;1-2;;/h4-5,8,10,16H,2-3,6-7,9H2,1H3;10H,5-8H2,1-4H3;2H,1H3;2*1H. The average molecular weight is 415 g/mol. The number of nitrogens with one attached hydrogen (secondary N) is 2. The summed E-state index contributed by atoms with van der Waals surface area (Å²) < 4.78 is 19.2. The maximum atomic E-state index is 13.6. The Bertz CT molecular complexity index is 589. The van der Waals surface area contributed by atoms with Crippen molar-refractivity contribution in [2.45, 2.75) is 83.7 Å². The van der Waals surface area contributed by atoms with Crippen molar-refractivity contribution in [2.24, 2.45) is 5.92 Å². The van der Waals surface area contributed by atoms with E-state index < -0.39 is 0 Å². The van der Waals surface area contributed by atoms with Crippen LogP contribution in [0.5, 0.6) is 5.75 Å². The SMILES string of the molecule is CCCCCNC(C)(C)C.CNC1(c2ccc(F)c(OCC3CC3)c2)CC1.CO.[HH].[HH]. The van der Waals surface area contributed by atoms with Crippen LogP contribution < -0.4 is 15.4 Å². The molecule has 4 nitrogen and oxygen atoms in total. The van der Waals surface area contributed by atoms with Gasteiger partial charge in [-0.1, -0.05) is 25.8 Å². The zero-order valence-electron chi connectivity index (χ0n) is 19.4. The summed E-state index contributed by atoms with van der Waals surface area (Å²) in [5, 5.41) is 13.8. The molecule has 2 fully saturated rings. The number of hydrogen-bond acceptors (Lipinski definition) is 4. The summed E-state index contributed by atoms with van der Waals surface area (Å²) in [5.41, 5.74) is 1.52. The number of hydrogen-bond donors (Lipinski definition) is 3. The van der Waals surface area contributed by atoms with Crippen LogP contribution in [0.3, 0.4) is 0 Å². The van der Waals surface area contributed by atoms with E-state index in [0.717, 1.165) is 32.1 Å². The molecule has 0 radical (unpaired) electrons. The van der Waals surface area contributed by atoms with Gasteiger partial charge < -0.3 is 20.5 Å². The van der Waals surface area contributed by atoms with Crippen molar-refractivity contribution < 1.29 is 17.1 Å². The van der Waals surface area contributed by atoms with Gasteiger partial charge in [0.15, 0.2) is 11.6 Å². The van der Waals surface area contributed by atoms with Crippen molar-refractivity contribution in [1.82, 2.24) is 10.6 Å². The Morgan fingerprint density at radius 1 is 1.21 bits per heavy atom. The van der Waals surface area contributed by atoms with E-state index in [9.17, 15) is 4.39 Å². The molecule has 172 valence electrons. The number of benzene rings is 1. The molecule has 3 rings (SSSR count). The molecular weight excluding hydrogens is 367 g/mol. The summed E-state index contributed by atoms with van der Waals surface area (Å²) >= 11 is 0. The molecule has 1 aromatic rings. The fourth-order valence-electron chi connectivity index (χ4n) is 3.05. The molecule has 1 aromatic carbocycles. The lowest BCUT2D eigenvalue weighted by atomic mass is 10.0. The highest BCUT2D eigenvalue weighted by molar-refractivity contribution is 5.37. The van der Waals surface area contributed by atoms with Gasteiger partial charge in [-0.3, -0.25) is 0 Å². The van der Waals surface area contributed by atoms with Gasteiger partial charge in [-0.2, -0.15) is 0 Å². The van der Waals surface area contributed by atoms with Gasteiger partial charge in [0.2, 0.25) is 0 Å². The predicted octanol–water partition coefficient (Wildman–Crippen LogP) is 5.49. The van der Waals surface area contributed by atoms with Crippen LogP contribution in [0.4, 0.5) is 4.39 Å². The monoisotopic (exact) mass is 414 g/mol. The molecule has 2 aliphatic rings. The number of rotatable bonds is 9. The predicted molar refractivity (Wildman–Crippen MR) is 124 cm³/mol. The van der Waals surface area contributed by atoms with E-state index in [1.54, 1.807) is 0 Å². The van der Waals surface area contributed by atoms with Gasteiger partial charge in [-0.15, -0.1) is 0 Å². The van der Waals surface area contributed by atoms with Gasteiger partial charge in [0, 0.05) is 21.0 Å². The lowest BCUT2D eigenvalue weighted by Gasteiger charge is -2.20. The first-order valence-electron chi connectivity index (χ1n) is 11.1. The normalized spacial score (nSPS) is 16.8. The van der Waals surface area contributed by atoms with Crippen molar-refractivity contribution in [3.05, 3.63) is 29.6 Å². The van der Waals surface area contributed by atoms with Crippen molar-refractivity contribution in [3.63, 3.8) is 0 Å². The number of halogens is 1. The fourth-order valence-corrected chi connectivity index (χ4v) is 3.05. The van der Waals surface area contributed by atoms with E-state index in [2.05, 4.69) is 38.3 Å². The Hall–Kier alpha value is -1.17. The van der Waals surface area contributed by atoms with E-state index in [4.69, 9.17) is 9.84 Å². The average Bonchev–Trinajstić information content (AvgIpc) is 3.61. The van der Waals surface area contributed by atoms with E-state index >= 15 is 0 Å². The Kier molecular flexibility index (Phi) is 11.2. The molecule has 2 aliphatic carbocycles. The molecule has 0 spiro atoms. The van der Waals surface area contributed by atoms with Gasteiger partial charge in [0.05, 0.1) is 6.61 Å². The molecule has 0 unspecified atom stereocenters. The third-order valence-electron chi connectivity index (χ3n) is 5.32. The lowest BCUT2D eigenvalue weighted by molar-refractivity contribution is 0.284. The number of ether oxygens (including phenoxy) is 1. The maximum absolute atomic E-state index is 13.6. The maximum Gasteiger partial charge on any atom is 0.165 e. The van der Waals surface area contributed by atoms with Gasteiger partial charge in [0.25, 0.3) is 0 Å². The summed E-state index contributed by atoms with van der Waals surface area (Å²) in [7, 11) is 2.96. The van der Waals surface area contributed by atoms with Gasteiger partial charge in [-0.05, 0) is 90.1 Å². The zero-order chi connectivity index (χ0) is 21.9. The fraction of sp³-hybridized carbons (Fsp3) is 0.750. The molecule has 0 amide bonds. The van der Waals surface area contributed by atoms with Crippen LogP contribution in [0.25, 0.3) is 0 Å². The summed E-state index contributed by atoms with van der Waals surface area (Å²) in [6.07, 6.45) is 8.67.